The standard InChI is InChI=1S/C20H18FN3O4/c21-17-10-23-20(28-12-14-11-26-7-8-27-14)15-5-4-13(9-16(15)17)24-19(25)18-3-1-2-6-22-18/h1-6,9-10,14H,7-8,11-12H2,(H,24,25). The average Bonchev–Trinajstić information content (AvgIpc) is 2.75. The Morgan fingerprint density at radius 3 is 2.93 bits per heavy atom. The van der Waals surface area contributed by atoms with Crippen molar-refractivity contribution in [1.29, 1.82) is 0 Å². The molecule has 1 fully saturated rings. The van der Waals surface area contributed by atoms with Crippen LogP contribution in [0.3, 0.4) is 0 Å². The number of nitrogens with zero attached hydrogens (tertiary/aromatic N) is 2. The Balaban J connectivity index is 1.53. The van der Waals surface area contributed by atoms with Crippen molar-refractivity contribution in [2.24, 2.45) is 0 Å². The number of benzene rings is 1. The predicted octanol–water partition coefficient (Wildman–Crippen LogP) is 2.82. The summed E-state index contributed by atoms with van der Waals surface area (Å²) in [6.45, 7) is 1.79. The summed E-state index contributed by atoms with van der Waals surface area (Å²) in [5.41, 5.74) is 0.722. The number of pyridine rings is 2. The Morgan fingerprint density at radius 1 is 1.21 bits per heavy atom. The second-order valence-corrected chi connectivity index (χ2v) is 6.22. The van der Waals surface area contributed by atoms with Gasteiger partial charge in [-0.3, -0.25) is 9.78 Å². The fourth-order valence-corrected chi connectivity index (χ4v) is 2.87. The van der Waals surface area contributed by atoms with Gasteiger partial charge in [0.15, 0.2) is 0 Å². The van der Waals surface area contributed by atoms with Crippen molar-refractivity contribution in [3.63, 3.8) is 0 Å². The third-order valence-electron chi connectivity index (χ3n) is 4.25. The summed E-state index contributed by atoms with van der Waals surface area (Å²) in [4.78, 5) is 20.3. The maximum absolute atomic E-state index is 14.3. The Hall–Kier alpha value is -3.10. The maximum Gasteiger partial charge on any atom is 0.274 e. The van der Waals surface area contributed by atoms with Crippen molar-refractivity contribution in [3.8, 4) is 5.88 Å². The van der Waals surface area contributed by atoms with Crippen LogP contribution in [0, 0.1) is 5.82 Å². The molecule has 1 aliphatic rings. The molecule has 1 aromatic carbocycles. The Morgan fingerprint density at radius 2 is 2.14 bits per heavy atom. The summed E-state index contributed by atoms with van der Waals surface area (Å²) < 4.78 is 30.9. The molecule has 2 aromatic heterocycles. The normalized spacial score (nSPS) is 16.7. The highest BCUT2D eigenvalue weighted by Gasteiger charge is 2.17. The quantitative estimate of drug-likeness (QED) is 0.730. The smallest absolute Gasteiger partial charge is 0.274 e. The van der Waals surface area contributed by atoms with Gasteiger partial charge in [-0.1, -0.05) is 6.07 Å². The van der Waals surface area contributed by atoms with Crippen molar-refractivity contribution in [2.75, 3.05) is 31.7 Å². The lowest BCUT2D eigenvalue weighted by Crippen LogP contribution is -2.33. The van der Waals surface area contributed by atoms with Gasteiger partial charge >= 0.3 is 0 Å². The summed E-state index contributed by atoms with van der Waals surface area (Å²) in [5.74, 6) is -0.581. The van der Waals surface area contributed by atoms with Gasteiger partial charge in [0.2, 0.25) is 5.88 Å². The molecule has 1 N–H and O–H groups in total. The molecule has 8 heteroatoms. The highest BCUT2D eigenvalue weighted by Crippen LogP contribution is 2.28. The van der Waals surface area contributed by atoms with E-state index in [2.05, 4.69) is 15.3 Å². The molecule has 0 saturated carbocycles. The van der Waals surface area contributed by atoms with E-state index in [9.17, 15) is 9.18 Å². The van der Waals surface area contributed by atoms with Crippen LogP contribution in [0.1, 0.15) is 10.5 Å². The SMILES string of the molecule is O=C(Nc1ccc2c(OCC3COCCO3)ncc(F)c2c1)c1ccccn1. The monoisotopic (exact) mass is 383 g/mol. The van der Waals surface area contributed by atoms with E-state index in [1.165, 1.54) is 6.20 Å². The second kappa shape index (κ2) is 8.28. The Bertz CT molecular complexity index is 978. The molecule has 144 valence electrons. The third-order valence-corrected chi connectivity index (χ3v) is 4.25. The molecular weight excluding hydrogens is 365 g/mol. The van der Waals surface area contributed by atoms with Crippen molar-refractivity contribution >= 4 is 22.4 Å². The van der Waals surface area contributed by atoms with E-state index < -0.39 is 5.82 Å². The lowest BCUT2D eigenvalue weighted by Gasteiger charge is -2.23. The summed E-state index contributed by atoms with van der Waals surface area (Å²) in [6, 6.07) is 9.91. The maximum atomic E-state index is 14.3. The van der Waals surface area contributed by atoms with Gasteiger partial charge < -0.3 is 19.5 Å². The molecule has 0 bridgehead atoms. The minimum absolute atomic E-state index is 0.187. The fourth-order valence-electron chi connectivity index (χ4n) is 2.87. The van der Waals surface area contributed by atoms with E-state index in [1.807, 2.05) is 0 Å². The molecule has 3 heterocycles. The number of nitrogens with one attached hydrogen (secondary N) is 1. The van der Waals surface area contributed by atoms with Crippen LogP contribution in [0.15, 0.2) is 48.8 Å². The summed E-state index contributed by atoms with van der Waals surface area (Å²) in [6.07, 6.45) is 2.44. The molecule has 1 unspecified atom stereocenters. The Labute approximate surface area is 160 Å². The minimum Gasteiger partial charge on any atom is -0.474 e. The highest BCUT2D eigenvalue weighted by atomic mass is 19.1. The average molecular weight is 383 g/mol. The van der Waals surface area contributed by atoms with Gasteiger partial charge in [0, 0.05) is 22.7 Å². The first-order chi connectivity index (χ1) is 13.7. The number of aromatic nitrogens is 2. The first-order valence-electron chi connectivity index (χ1n) is 8.83. The zero-order valence-electron chi connectivity index (χ0n) is 14.9. The molecule has 7 nitrogen and oxygen atoms in total. The number of halogens is 1. The van der Waals surface area contributed by atoms with Crippen molar-refractivity contribution in [1.82, 2.24) is 9.97 Å². The van der Waals surface area contributed by atoms with Crippen molar-refractivity contribution in [3.05, 3.63) is 60.3 Å². The lowest BCUT2D eigenvalue weighted by atomic mass is 10.1. The molecule has 1 aliphatic heterocycles. The number of hydrogen-bond acceptors (Lipinski definition) is 6. The van der Waals surface area contributed by atoms with Crippen LogP contribution in [0.4, 0.5) is 10.1 Å². The number of rotatable bonds is 5. The first-order valence-corrected chi connectivity index (χ1v) is 8.83. The summed E-state index contributed by atoms with van der Waals surface area (Å²) >= 11 is 0. The predicted molar refractivity (Wildman–Crippen MR) is 99.9 cm³/mol. The molecule has 0 spiro atoms. The van der Waals surface area contributed by atoms with E-state index in [0.29, 0.717) is 42.2 Å². The number of carbonyl (C=O) groups excluding carboxylic acids is 1. The molecule has 1 saturated heterocycles. The number of amides is 1. The third kappa shape index (κ3) is 4.08. The van der Waals surface area contributed by atoms with Gasteiger partial charge in [0.1, 0.15) is 24.2 Å². The van der Waals surface area contributed by atoms with Gasteiger partial charge in [-0.2, -0.15) is 0 Å². The van der Waals surface area contributed by atoms with E-state index in [1.54, 1.807) is 36.4 Å². The highest BCUT2D eigenvalue weighted by molar-refractivity contribution is 6.04. The molecule has 3 aromatic rings. The van der Waals surface area contributed by atoms with Crippen LogP contribution in [0.5, 0.6) is 5.88 Å². The largest absolute Gasteiger partial charge is 0.474 e. The molecule has 4 rings (SSSR count). The number of ether oxygens (including phenoxy) is 3. The zero-order valence-corrected chi connectivity index (χ0v) is 14.9. The van der Waals surface area contributed by atoms with E-state index >= 15 is 0 Å². The molecule has 0 radical (unpaired) electrons. The van der Waals surface area contributed by atoms with Crippen LogP contribution >= 0.6 is 0 Å². The molecular formula is C20H18FN3O4. The van der Waals surface area contributed by atoms with Crippen LogP contribution in [0.25, 0.3) is 10.8 Å². The molecule has 1 amide bonds. The minimum atomic E-state index is -0.506. The van der Waals surface area contributed by atoms with Crippen molar-refractivity contribution < 1.29 is 23.4 Å². The van der Waals surface area contributed by atoms with Crippen LogP contribution in [0.2, 0.25) is 0 Å². The van der Waals surface area contributed by atoms with E-state index in [0.717, 1.165) is 6.20 Å². The first kappa shape index (κ1) is 18.3. The topological polar surface area (TPSA) is 82.6 Å². The van der Waals surface area contributed by atoms with Crippen LogP contribution in [-0.4, -0.2) is 48.4 Å². The van der Waals surface area contributed by atoms with Crippen LogP contribution in [-0.2, 0) is 9.47 Å². The van der Waals surface area contributed by atoms with Gasteiger partial charge in [-0.25, -0.2) is 9.37 Å². The van der Waals surface area contributed by atoms with Gasteiger partial charge in [-0.05, 0) is 30.3 Å². The molecule has 1 atom stereocenters. The van der Waals surface area contributed by atoms with Crippen LogP contribution < -0.4 is 10.1 Å². The number of hydrogen-bond donors (Lipinski definition) is 1. The number of carbonyl (C=O) groups is 1. The van der Waals surface area contributed by atoms with Crippen molar-refractivity contribution in [2.45, 2.75) is 6.10 Å². The number of anilines is 1. The summed E-state index contributed by atoms with van der Waals surface area (Å²) in [5, 5.41) is 3.52. The van der Waals surface area contributed by atoms with E-state index in [-0.39, 0.29) is 24.3 Å². The van der Waals surface area contributed by atoms with Gasteiger partial charge in [-0.15, -0.1) is 0 Å². The van der Waals surface area contributed by atoms with E-state index in [4.69, 9.17) is 14.2 Å². The lowest BCUT2D eigenvalue weighted by molar-refractivity contribution is -0.101. The molecule has 0 aliphatic carbocycles. The van der Waals surface area contributed by atoms with Gasteiger partial charge in [0.25, 0.3) is 5.91 Å². The number of fused-ring (bicyclic) bond motifs is 1. The molecule has 28 heavy (non-hydrogen) atoms. The second-order valence-electron chi connectivity index (χ2n) is 6.22. The Kier molecular flexibility index (Phi) is 5.41. The van der Waals surface area contributed by atoms with Gasteiger partial charge in [0.05, 0.1) is 26.0 Å². The fraction of sp³-hybridized carbons (Fsp3) is 0.250. The zero-order chi connectivity index (χ0) is 19.3. The summed E-state index contributed by atoms with van der Waals surface area (Å²) in [7, 11) is 0.